The molecule has 28 heavy (non-hydrogen) atoms. The molecule has 3 rings (SSSR count). The molecule has 6 heteroatoms. The predicted octanol–water partition coefficient (Wildman–Crippen LogP) is 4.68. The number of hydrogen-bond donors (Lipinski definition) is 1. The molecule has 0 bridgehead atoms. The molecule has 0 aliphatic heterocycles. The van der Waals surface area contributed by atoms with Crippen molar-refractivity contribution in [3.05, 3.63) is 71.7 Å². The molecular weight excluding hydrogens is 377 g/mol. The summed E-state index contributed by atoms with van der Waals surface area (Å²) >= 11 is 0. The summed E-state index contributed by atoms with van der Waals surface area (Å²) in [6, 6.07) is 14.2. The van der Waals surface area contributed by atoms with Gasteiger partial charge in [-0.05, 0) is 47.6 Å². The van der Waals surface area contributed by atoms with Crippen LogP contribution in [-0.2, 0) is 29.8 Å². The third kappa shape index (κ3) is 4.68. The Morgan fingerprint density at radius 3 is 2.61 bits per heavy atom. The Labute approximate surface area is 166 Å². The van der Waals surface area contributed by atoms with E-state index in [9.17, 15) is 9.18 Å². The lowest BCUT2D eigenvalue weighted by Gasteiger charge is -2.26. The summed E-state index contributed by atoms with van der Waals surface area (Å²) in [5.41, 5.74) is 2.88. The molecule has 1 aliphatic carbocycles. The molecule has 0 amide bonds. The van der Waals surface area contributed by atoms with Crippen LogP contribution >= 0.6 is 0 Å². The Hall–Kier alpha value is -2.47. The van der Waals surface area contributed by atoms with Crippen LogP contribution in [0.5, 0.6) is 0 Å². The molecular formula is C22H26FNO3S. The number of carbonyl (C=O) groups excluding carboxylic acids is 1. The van der Waals surface area contributed by atoms with Gasteiger partial charge in [0.05, 0.1) is 26.2 Å². The Morgan fingerprint density at radius 1 is 1.21 bits per heavy atom. The number of rotatable bonds is 7. The van der Waals surface area contributed by atoms with Crippen LogP contribution in [0.3, 0.4) is 0 Å². The van der Waals surface area contributed by atoms with Gasteiger partial charge in [-0.25, -0.2) is 13.5 Å². The summed E-state index contributed by atoms with van der Waals surface area (Å²) in [6.07, 6.45) is 5.91. The fourth-order valence-corrected chi connectivity index (χ4v) is 6.77. The van der Waals surface area contributed by atoms with Crippen LogP contribution in [0.2, 0.25) is 0 Å². The fraction of sp³-hybridized carbons (Fsp3) is 0.318. The number of nitrogens with zero attached hydrogens (tertiary/aromatic N) is 1. The Balaban J connectivity index is 2.04. The maximum atomic E-state index is 13.6. The Kier molecular flexibility index (Phi) is 6.29. The zero-order chi connectivity index (χ0) is 20.1. The van der Waals surface area contributed by atoms with Crippen LogP contribution in [0.25, 0.3) is 5.57 Å². The highest BCUT2D eigenvalue weighted by Gasteiger charge is 2.32. The first kappa shape index (κ1) is 20.3. The summed E-state index contributed by atoms with van der Waals surface area (Å²) in [5, 5.41) is 0.539. The second kappa shape index (κ2) is 8.69. The van der Waals surface area contributed by atoms with Gasteiger partial charge in [-0.3, -0.25) is 0 Å². The summed E-state index contributed by atoms with van der Waals surface area (Å²) in [5.74, 6) is 0.0189. The number of esters is 1. The smallest absolute Gasteiger partial charge is 0.341 e. The molecule has 1 aliphatic rings. The fourth-order valence-electron chi connectivity index (χ4n) is 3.39. The van der Waals surface area contributed by atoms with Crippen LogP contribution in [-0.4, -0.2) is 31.7 Å². The molecule has 0 aromatic heterocycles. The van der Waals surface area contributed by atoms with Crippen molar-refractivity contribution in [2.24, 2.45) is 4.36 Å². The van der Waals surface area contributed by atoms with Crippen molar-refractivity contribution in [1.29, 1.82) is 0 Å². The van der Waals surface area contributed by atoms with Crippen molar-refractivity contribution in [1.82, 2.24) is 0 Å². The molecule has 2 aromatic carbocycles. The lowest BCUT2D eigenvalue weighted by molar-refractivity contribution is -0.133. The van der Waals surface area contributed by atoms with Crippen molar-refractivity contribution >= 4 is 27.1 Å². The number of halogens is 1. The molecule has 2 aromatic rings. The zero-order valence-corrected chi connectivity index (χ0v) is 17.3. The van der Waals surface area contributed by atoms with E-state index in [-0.39, 0.29) is 5.82 Å². The van der Waals surface area contributed by atoms with Crippen LogP contribution in [0.1, 0.15) is 24.0 Å². The molecule has 1 saturated carbocycles. The van der Waals surface area contributed by atoms with Gasteiger partial charge in [-0.2, -0.15) is 9.82 Å². The van der Waals surface area contributed by atoms with Gasteiger partial charge < -0.3 is 9.47 Å². The number of hydrogen-bond acceptors (Lipinski definition) is 4. The minimum Gasteiger partial charge on any atom is -0.503 e. The van der Waals surface area contributed by atoms with E-state index in [1.807, 2.05) is 30.3 Å². The molecule has 0 radical (unpaired) electrons. The van der Waals surface area contributed by atoms with Gasteiger partial charge in [0, 0.05) is 11.8 Å². The number of carbonyl (C=O) groups is 1. The summed E-state index contributed by atoms with van der Waals surface area (Å²) in [4.78, 5) is 12.3. The maximum Gasteiger partial charge on any atom is 0.341 e. The highest BCUT2D eigenvalue weighted by atomic mass is 32.2. The van der Waals surface area contributed by atoms with E-state index in [0.717, 1.165) is 29.7 Å². The van der Waals surface area contributed by atoms with Crippen molar-refractivity contribution < 1.29 is 18.7 Å². The van der Waals surface area contributed by atoms with Crippen LogP contribution in [0, 0.1) is 5.82 Å². The third-order valence-electron chi connectivity index (χ3n) is 4.92. The lowest BCUT2D eigenvalue weighted by Crippen LogP contribution is -2.19. The van der Waals surface area contributed by atoms with Gasteiger partial charge in [0.25, 0.3) is 0 Å². The first-order valence-electron chi connectivity index (χ1n) is 9.20. The normalized spacial score (nSPS) is 15.1. The summed E-state index contributed by atoms with van der Waals surface area (Å²) in [6.45, 7) is 0. The predicted molar refractivity (Wildman–Crippen MR) is 113 cm³/mol. The minimum absolute atomic E-state index is 0.278. The molecule has 0 saturated heterocycles. The summed E-state index contributed by atoms with van der Waals surface area (Å²) < 4.78 is 28.7. The largest absolute Gasteiger partial charge is 0.503 e. The molecule has 150 valence electrons. The molecule has 0 atom stereocenters. The first-order chi connectivity index (χ1) is 13.5. The van der Waals surface area contributed by atoms with Gasteiger partial charge in [0.1, 0.15) is 11.4 Å². The average Bonchev–Trinajstić information content (AvgIpc) is 3.52. The van der Waals surface area contributed by atoms with Gasteiger partial charge in [0.15, 0.2) is 0 Å². The Bertz CT molecular complexity index is 950. The number of ether oxygens (including phenoxy) is 2. The van der Waals surface area contributed by atoms with Crippen molar-refractivity contribution in [3.63, 3.8) is 0 Å². The van der Waals surface area contributed by atoms with E-state index in [2.05, 4.69) is 6.26 Å². The highest BCUT2D eigenvalue weighted by Crippen LogP contribution is 2.40. The number of benzene rings is 2. The second-order valence-corrected chi connectivity index (χ2v) is 10.8. The van der Waals surface area contributed by atoms with E-state index < -0.39 is 15.8 Å². The van der Waals surface area contributed by atoms with E-state index >= 15 is 0 Å². The van der Waals surface area contributed by atoms with Gasteiger partial charge in [-0.1, -0.05) is 30.3 Å². The molecule has 0 N–H and O–H groups in total. The van der Waals surface area contributed by atoms with Crippen molar-refractivity contribution in [2.45, 2.75) is 23.8 Å². The van der Waals surface area contributed by atoms with Crippen LogP contribution < -0.4 is 0 Å². The maximum absolute atomic E-state index is 13.6. The van der Waals surface area contributed by atoms with E-state index in [4.69, 9.17) is 13.8 Å². The van der Waals surface area contributed by atoms with Gasteiger partial charge >= 0.3 is 5.97 Å². The lowest BCUT2D eigenvalue weighted by atomic mass is 10.0. The number of thiol groups is 1. The molecule has 4 nitrogen and oxygen atoms in total. The molecule has 0 unspecified atom stereocenters. The second-order valence-electron chi connectivity index (χ2n) is 7.10. The van der Waals surface area contributed by atoms with E-state index in [1.165, 1.54) is 32.6 Å². The average molecular weight is 404 g/mol. The molecule has 0 spiro atoms. The Morgan fingerprint density at radius 2 is 1.96 bits per heavy atom. The number of methoxy groups -OCH3 is 2. The zero-order valence-electron chi connectivity index (χ0n) is 16.4. The third-order valence-corrected chi connectivity index (χ3v) is 8.68. The summed E-state index contributed by atoms with van der Waals surface area (Å²) in [7, 11) is 1.08. The highest BCUT2D eigenvalue weighted by molar-refractivity contribution is 8.04. The van der Waals surface area contributed by atoms with Crippen molar-refractivity contribution in [2.75, 3.05) is 20.5 Å². The first-order valence-corrected chi connectivity index (χ1v) is 11.6. The minimum atomic E-state index is -1.78. The molecule has 1 fully saturated rings. The van der Waals surface area contributed by atoms with Crippen LogP contribution in [0.15, 0.2) is 59.2 Å². The molecule has 0 heterocycles. The monoisotopic (exact) mass is 403 g/mol. The van der Waals surface area contributed by atoms with Gasteiger partial charge in [-0.15, -0.1) is 0 Å². The SMILES string of the molecule is COC=C(C(=O)OC)c1ccccc1C[SH](C)(=Nc1cccc(F)c1)C1CC1. The van der Waals surface area contributed by atoms with Crippen LogP contribution in [0.4, 0.5) is 10.1 Å². The van der Waals surface area contributed by atoms with Gasteiger partial charge in [0.2, 0.25) is 0 Å². The quantitative estimate of drug-likeness (QED) is 0.316. The van der Waals surface area contributed by atoms with E-state index in [1.54, 1.807) is 6.07 Å². The standard InChI is InChI=1S/C22H26FNO3S/c1-26-14-21(22(25)27-2)20-10-5-4-7-16(20)15-28(3,19-11-12-19)24-18-9-6-8-17(23)13-18/h4-10,13-14,19,28H,11-12,15H2,1-3H3. The van der Waals surface area contributed by atoms with Crippen molar-refractivity contribution in [3.8, 4) is 0 Å². The topological polar surface area (TPSA) is 47.9 Å². The van der Waals surface area contributed by atoms with E-state index in [0.29, 0.717) is 16.5 Å².